The molecule has 3 aliphatic carbocycles. The molecule has 0 aromatic heterocycles. The molecule has 1 heterocycles. The maximum Gasteiger partial charge on any atom is 0.306 e. The first kappa shape index (κ1) is 32.2. The Kier molecular flexibility index (Phi) is 11.4. The molecule has 0 aromatic rings. The van der Waals surface area contributed by atoms with Crippen molar-refractivity contribution in [3.63, 3.8) is 0 Å². The number of nitrogens with zero attached hydrogens (tertiary/aromatic N) is 1. The molecule has 6 heteroatoms. The zero-order valence-electron chi connectivity index (χ0n) is 26.4. The van der Waals surface area contributed by atoms with Gasteiger partial charge in [0.1, 0.15) is 17.6 Å². The van der Waals surface area contributed by atoms with E-state index in [2.05, 4.69) is 25.7 Å². The Morgan fingerprint density at radius 1 is 0.950 bits per heavy atom. The van der Waals surface area contributed by atoms with E-state index in [0.29, 0.717) is 30.7 Å². The van der Waals surface area contributed by atoms with E-state index in [9.17, 15) is 14.1 Å². The van der Waals surface area contributed by atoms with E-state index < -0.39 is 11.2 Å². The summed E-state index contributed by atoms with van der Waals surface area (Å²) >= 11 is -0.615. The summed E-state index contributed by atoms with van der Waals surface area (Å²) in [6, 6.07) is 0.417. The van der Waals surface area contributed by atoms with Crippen molar-refractivity contribution in [3.05, 3.63) is 0 Å². The lowest BCUT2D eigenvalue weighted by Gasteiger charge is -2.62. The van der Waals surface area contributed by atoms with E-state index in [-0.39, 0.29) is 22.9 Å². The van der Waals surface area contributed by atoms with Gasteiger partial charge in [-0.05, 0) is 107 Å². The van der Waals surface area contributed by atoms with Crippen LogP contribution >= 0.6 is 0 Å². The van der Waals surface area contributed by atoms with Gasteiger partial charge in [-0.1, -0.05) is 57.1 Å². The van der Waals surface area contributed by atoms with Gasteiger partial charge in [0.25, 0.3) is 0 Å². The van der Waals surface area contributed by atoms with Crippen LogP contribution in [0, 0.1) is 34.5 Å². The molecule has 0 spiro atoms. The normalized spacial score (nSPS) is 36.9. The zero-order valence-corrected chi connectivity index (χ0v) is 27.2. The van der Waals surface area contributed by atoms with E-state index in [0.717, 1.165) is 61.4 Å². The largest absolute Gasteiger partial charge is 0.616 e. The number of amides is 1. The Hall–Kier alpha value is -0.750. The van der Waals surface area contributed by atoms with Crippen LogP contribution in [0.4, 0.5) is 0 Å². The van der Waals surface area contributed by atoms with Crippen LogP contribution in [0.15, 0.2) is 0 Å². The molecule has 0 bridgehead atoms. The van der Waals surface area contributed by atoms with E-state index in [4.69, 9.17) is 4.74 Å². The van der Waals surface area contributed by atoms with Gasteiger partial charge in [-0.3, -0.25) is 9.59 Å². The van der Waals surface area contributed by atoms with E-state index >= 15 is 0 Å². The summed E-state index contributed by atoms with van der Waals surface area (Å²) in [6.45, 7) is 9.17. The lowest BCUT2D eigenvalue weighted by Crippen LogP contribution is -2.61. The fourth-order valence-corrected chi connectivity index (χ4v) is 10.9. The number of unbranched alkanes of at least 4 members (excludes halogenated alkanes) is 7. The SMILES string of the molecule is CC[S+]([O-])CCCCCCCCCCC(=O)OC(C)[C@H]1CC[C@H]2[C@@H]3CC[C@H]4N(C)C(=O)CC[C@]4(C)[C@H]3CC[C@]12C. The predicted octanol–water partition coefficient (Wildman–Crippen LogP) is 7.68. The predicted molar refractivity (Wildman–Crippen MR) is 164 cm³/mol. The average molecular weight is 578 g/mol. The first-order chi connectivity index (χ1) is 19.1. The molecule has 4 fully saturated rings. The molecule has 4 rings (SSSR count). The third kappa shape index (κ3) is 6.90. The summed E-state index contributed by atoms with van der Waals surface area (Å²) in [7, 11) is 2.04. The minimum atomic E-state index is -0.615. The number of hydrogen-bond donors (Lipinski definition) is 0. The fraction of sp³-hybridized carbons (Fsp3) is 0.941. The zero-order chi connectivity index (χ0) is 28.9. The lowest BCUT2D eigenvalue weighted by molar-refractivity contribution is -0.164. The molecule has 0 radical (unpaired) electrons. The van der Waals surface area contributed by atoms with Crippen LogP contribution in [0.3, 0.4) is 0 Å². The van der Waals surface area contributed by atoms with Crippen molar-refractivity contribution < 1.29 is 18.9 Å². The molecule has 40 heavy (non-hydrogen) atoms. The van der Waals surface area contributed by atoms with Gasteiger partial charge in [0.05, 0.1) is 0 Å². The lowest BCUT2D eigenvalue weighted by atomic mass is 9.46. The van der Waals surface area contributed by atoms with Crippen molar-refractivity contribution in [1.29, 1.82) is 0 Å². The van der Waals surface area contributed by atoms with Crippen LogP contribution < -0.4 is 0 Å². The molecule has 230 valence electrons. The number of carbonyl (C=O) groups is 2. The van der Waals surface area contributed by atoms with E-state index in [1.807, 2.05) is 14.0 Å². The summed E-state index contributed by atoms with van der Waals surface area (Å²) in [4.78, 5) is 27.3. The maximum atomic E-state index is 12.8. The van der Waals surface area contributed by atoms with Gasteiger partial charge < -0.3 is 14.2 Å². The Morgan fingerprint density at radius 2 is 1.60 bits per heavy atom. The molecule has 0 aromatic carbocycles. The molecule has 3 saturated carbocycles. The average Bonchev–Trinajstić information content (AvgIpc) is 3.29. The Morgan fingerprint density at radius 3 is 2.30 bits per heavy atom. The summed E-state index contributed by atoms with van der Waals surface area (Å²) < 4.78 is 17.6. The summed E-state index contributed by atoms with van der Waals surface area (Å²) in [6.07, 6.45) is 18.9. The number of carbonyl (C=O) groups excluding carboxylic acids is 2. The third-order valence-electron chi connectivity index (χ3n) is 12.3. The molecule has 2 unspecified atom stereocenters. The second-order valence-corrected chi connectivity index (χ2v) is 16.3. The van der Waals surface area contributed by atoms with E-state index in [1.54, 1.807) is 0 Å². The molecular weight excluding hydrogens is 518 g/mol. The van der Waals surface area contributed by atoms with Crippen molar-refractivity contribution in [2.75, 3.05) is 18.6 Å². The van der Waals surface area contributed by atoms with Gasteiger partial charge in [0.15, 0.2) is 0 Å². The molecule has 1 amide bonds. The second-order valence-electron chi connectivity index (χ2n) is 14.4. The van der Waals surface area contributed by atoms with Crippen LogP contribution in [0.2, 0.25) is 0 Å². The molecule has 1 saturated heterocycles. The van der Waals surface area contributed by atoms with Crippen LogP contribution in [-0.2, 0) is 25.5 Å². The standard InChI is InChI=1S/C34H59NO4S/c1-6-40(38)24-14-12-10-8-7-9-11-13-15-32(37)39-25(2)27-17-18-28-26-16-19-30-34(4,23-21-31(36)35(30)5)29(26)20-22-33(27,28)3/h25-30H,6-24H2,1-5H3/t25?,26-,27+,28-,29-,30+,33+,34+,40?/m0/s1. The second kappa shape index (κ2) is 14.1. The van der Waals surface area contributed by atoms with Gasteiger partial charge in [-0.15, -0.1) is 0 Å². The fourth-order valence-electron chi connectivity index (χ4n) is 10.0. The van der Waals surface area contributed by atoms with Gasteiger partial charge in [-0.2, -0.15) is 0 Å². The quantitative estimate of drug-likeness (QED) is 0.121. The Bertz CT molecular complexity index is 852. The molecule has 5 nitrogen and oxygen atoms in total. The number of ether oxygens (including phenoxy) is 1. The highest BCUT2D eigenvalue weighted by Crippen LogP contribution is 2.66. The van der Waals surface area contributed by atoms with Crippen molar-refractivity contribution in [2.45, 2.75) is 149 Å². The summed E-state index contributed by atoms with van der Waals surface area (Å²) in [5.74, 6) is 4.67. The van der Waals surface area contributed by atoms with Gasteiger partial charge in [0.2, 0.25) is 5.91 Å². The first-order valence-electron chi connectivity index (χ1n) is 16.9. The summed E-state index contributed by atoms with van der Waals surface area (Å²) in [5.41, 5.74) is 0.533. The number of fused-ring (bicyclic) bond motifs is 5. The number of rotatable bonds is 14. The molecular formula is C34H59NO4S. The molecule has 1 aliphatic heterocycles. The van der Waals surface area contributed by atoms with Crippen LogP contribution in [-0.4, -0.2) is 52.0 Å². The first-order valence-corrected chi connectivity index (χ1v) is 18.4. The van der Waals surface area contributed by atoms with Gasteiger partial charge in [-0.25, -0.2) is 0 Å². The Balaban J connectivity index is 1.17. The third-order valence-corrected chi connectivity index (χ3v) is 13.7. The monoisotopic (exact) mass is 577 g/mol. The number of piperidine rings is 1. The molecule has 0 N–H and O–H groups in total. The highest BCUT2D eigenvalue weighted by Gasteiger charge is 2.61. The number of esters is 1. The molecule has 4 aliphatic rings. The topological polar surface area (TPSA) is 69.7 Å². The number of likely N-dealkylation sites (tertiary alicyclic amines) is 1. The van der Waals surface area contributed by atoms with Crippen molar-refractivity contribution in [2.24, 2.45) is 34.5 Å². The van der Waals surface area contributed by atoms with Crippen molar-refractivity contribution in [3.8, 4) is 0 Å². The van der Waals surface area contributed by atoms with Crippen LogP contribution in [0.25, 0.3) is 0 Å². The minimum Gasteiger partial charge on any atom is -0.616 e. The smallest absolute Gasteiger partial charge is 0.306 e. The van der Waals surface area contributed by atoms with Crippen LogP contribution in [0.5, 0.6) is 0 Å². The van der Waals surface area contributed by atoms with Gasteiger partial charge in [0, 0.05) is 31.8 Å². The maximum absolute atomic E-state index is 12.8. The van der Waals surface area contributed by atoms with Gasteiger partial charge >= 0.3 is 5.97 Å². The number of hydrogen-bond acceptors (Lipinski definition) is 4. The molecule has 9 atom stereocenters. The highest BCUT2D eigenvalue weighted by atomic mass is 32.2. The summed E-state index contributed by atoms with van der Waals surface area (Å²) in [5, 5.41) is 0. The minimum absolute atomic E-state index is 0.0000832. The Labute approximate surface area is 248 Å². The highest BCUT2D eigenvalue weighted by molar-refractivity contribution is 7.91. The van der Waals surface area contributed by atoms with Crippen LogP contribution in [0.1, 0.15) is 137 Å². The van der Waals surface area contributed by atoms with Crippen molar-refractivity contribution >= 4 is 23.1 Å². The van der Waals surface area contributed by atoms with Crippen molar-refractivity contribution in [1.82, 2.24) is 4.90 Å². The van der Waals surface area contributed by atoms with E-state index in [1.165, 1.54) is 64.2 Å².